The average Bonchev–Trinajstić information content (AvgIpc) is 3.06. The average molecular weight is 219 g/mol. The molecule has 1 saturated carbocycles. The molecule has 16 heavy (non-hydrogen) atoms. The molecule has 2 N–H and O–H groups in total. The molecule has 1 aromatic carbocycles. The molecule has 1 aromatic rings. The quantitative estimate of drug-likeness (QED) is 0.797. The SMILES string of the molecule is CCC(NC1CC1CC)c1ccc(O)cc1. The number of phenolic OH excluding ortho intramolecular Hbond substituents is 1. The van der Waals surface area contributed by atoms with Gasteiger partial charge in [0.1, 0.15) is 5.75 Å². The van der Waals surface area contributed by atoms with E-state index < -0.39 is 0 Å². The molecule has 1 aliphatic rings. The Labute approximate surface area is 97.7 Å². The van der Waals surface area contributed by atoms with E-state index in [9.17, 15) is 5.11 Å². The maximum atomic E-state index is 9.27. The van der Waals surface area contributed by atoms with Crippen molar-refractivity contribution in [2.75, 3.05) is 0 Å². The van der Waals surface area contributed by atoms with Crippen molar-refractivity contribution < 1.29 is 5.11 Å². The van der Waals surface area contributed by atoms with Gasteiger partial charge < -0.3 is 10.4 Å². The van der Waals surface area contributed by atoms with Crippen molar-refractivity contribution in [1.29, 1.82) is 0 Å². The first-order valence-electron chi connectivity index (χ1n) is 6.29. The van der Waals surface area contributed by atoms with Gasteiger partial charge in [-0.25, -0.2) is 0 Å². The summed E-state index contributed by atoms with van der Waals surface area (Å²) in [5, 5.41) is 13.0. The Balaban J connectivity index is 1.97. The topological polar surface area (TPSA) is 32.3 Å². The maximum absolute atomic E-state index is 9.27. The lowest BCUT2D eigenvalue weighted by Gasteiger charge is -2.17. The van der Waals surface area contributed by atoms with Crippen LogP contribution in [0, 0.1) is 5.92 Å². The highest BCUT2D eigenvalue weighted by atomic mass is 16.3. The van der Waals surface area contributed by atoms with Gasteiger partial charge in [0.25, 0.3) is 0 Å². The lowest BCUT2D eigenvalue weighted by Crippen LogP contribution is -2.24. The molecule has 0 spiro atoms. The minimum atomic E-state index is 0.344. The van der Waals surface area contributed by atoms with Crippen LogP contribution in [0.4, 0.5) is 0 Å². The van der Waals surface area contributed by atoms with Crippen molar-refractivity contribution in [1.82, 2.24) is 5.32 Å². The van der Waals surface area contributed by atoms with Gasteiger partial charge in [-0.1, -0.05) is 32.4 Å². The molecule has 3 unspecified atom stereocenters. The van der Waals surface area contributed by atoms with Gasteiger partial charge in [-0.15, -0.1) is 0 Å². The number of phenols is 1. The molecule has 0 heterocycles. The zero-order valence-electron chi connectivity index (χ0n) is 10.1. The summed E-state index contributed by atoms with van der Waals surface area (Å²) in [6.45, 7) is 4.46. The lowest BCUT2D eigenvalue weighted by atomic mass is 10.0. The van der Waals surface area contributed by atoms with E-state index in [2.05, 4.69) is 19.2 Å². The summed E-state index contributed by atoms with van der Waals surface area (Å²) in [5.41, 5.74) is 1.28. The normalized spacial score (nSPS) is 25.4. The fourth-order valence-electron chi connectivity index (χ4n) is 2.32. The second-order valence-electron chi connectivity index (χ2n) is 4.73. The minimum absolute atomic E-state index is 0.344. The molecular weight excluding hydrogens is 198 g/mol. The molecule has 0 saturated heterocycles. The van der Waals surface area contributed by atoms with Crippen LogP contribution < -0.4 is 5.32 Å². The first-order chi connectivity index (χ1) is 7.74. The van der Waals surface area contributed by atoms with E-state index in [1.807, 2.05) is 12.1 Å². The highest BCUT2D eigenvalue weighted by Crippen LogP contribution is 2.35. The van der Waals surface area contributed by atoms with Gasteiger partial charge in [0.05, 0.1) is 0 Å². The number of hydrogen-bond donors (Lipinski definition) is 2. The number of aromatic hydroxyl groups is 1. The second-order valence-corrected chi connectivity index (χ2v) is 4.73. The van der Waals surface area contributed by atoms with Gasteiger partial charge in [-0.3, -0.25) is 0 Å². The van der Waals surface area contributed by atoms with Gasteiger partial charge in [-0.2, -0.15) is 0 Å². The van der Waals surface area contributed by atoms with Crippen molar-refractivity contribution in [3.8, 4) is 5.75 Å². The zero-order chi connectivity index (χ0) is 11.5. The summed E-state index contributed by atoms with van der Waals surface area (Å²) < 4.78 is 0. The van der Waals surface area contributed by atoms with Crippen molar-refractivity contribution in [2.24, 2.45) is 5.92 Å². The third kappa shape index (κ3) is 2.56. The first kappa shape index (κ1) is 11.5. The van der Waals surface area contributed by atoms with Crippen LogP contribution in [0.5, 0.6) is 5.75 Å². The summed E-state index contributed by atoms with van der Waals surface area (Å²) in [7, 11) is 0. The van der Waals surface area contributed by atoms with Crippen molar-refractivity contribution in [3.63, 3.8) is 0 Å². The van der Waals surface area contributed by atoms with Crippen LogP contribution in [0.1, 0.15) is 44.7 Å². The minimum Gasteiger partial charge on any atom is -0.508 e. The Bertz CT molecular complexity index is 333. The predicted octanol–water partition coefficient (Wildman–Crippen LogP) is 3.23. The number of hydrogen-bond acceptors (Lipinski definition) is 2. The van der Waals surface area contributed by atoms with Gasteiger partial charge in [0.2, 0.25) is 0 Å². The number of benzene rings is 1. The monoisotopic (exact) mass is 219 g/mol. The first-order valence-corrected chi connectivity index (χ1v) is 6.29. The van der Waals surface area contributed by atoms with E-state index >= 15 is 0 Å². The molecule has 1 aliphatic carbocycles. The Morgan fingerprint density at radius 1 is 1.31 bits per heavy atom. The molecule has 0 aromatic heterocycles. The molecule has 0 aliphatic heterocycles. The van der Waals surface area contributed by atoms with E-state index in [-0.39, 0.29) is 0 Å². The van der Waals surface area contributed by atoms with Gasteiger partial charge in [-0.05, 0) is 36.5 Å². The fourth-order valence-corrected chi connectivity index (χ4v) is 2.32. The Morgan fingerprint density at radius 2 is 2.00 bits per heavy atom. The molecule has 2 heteroatoms. The maximum Gasteiger partial charge on any atom is 0.115 e. The smallest absolute Gasteiger partial charge is 0.115 e. The van der Waals surface area contributed by atoms with Gasteiger partial charge in [0.15, 0.2) is 0 Å². The third-order valence-corrected chi connectivity index (χ3v) is 3.57. The predicted molar refractivity (Wildman–Crippen MR) is 66.5 cm³/mol. The summed E-state index contributed by atoms with van der Waals surface area (Å²) in [5.74, 6) is 1.22. The highest BCUT2D eigenvalue weighted by molar-refractivity contribution is 5.28. The van der Waals surface area contributed by atoms with E-state index in [1.54, 1.807) is 12.1 Å². The molecule has 1 fully saturated rings. The largest absolute Gasteiger partial charge is 0.508 e. The summed E-state index contributed by atoms with van der Waals surface area (Å²) in [4.78, 5) is 0. The molecule has 2 nitrogen and oxygen atoms in total. The van der Waals surface area contributed by atoms with Crippen LogP contribution in [-0.2, 0) is 0 Å². The number of nitrogens with one attached hydrogen (secondary N) is 1. The van der Waals surface area contributed by atoms with E-state index in [0.717, 1.165) is 12.3 Å². The Morgan fingerprint density at radius 3 is 2.50 bits per heavy atom. The van der Waals surface area contributed by atoms with E-state index in [0.29, 0.717) is 17.8 Å². The van der Waals surface area contributed by atoms with Crippen LogP contribution in [0.15, 0.2) is 24.3 Å². The Kier molecular flexibility index (Phi) is 3.49. The highest BCUT2D eigenvalue weighted by Gasteiger charge is 2.36. The van der Waals surface area contributed by atoms with Crippen molar-refractivity contribution >= 4 is 0 Å². The molecule has 0 amide bonds. The summed E-state index contributed by atoms with van der Waals surface area (Å²) in [6, 6.07) is 8.71. The van der Waals surface area contributed by atoms with Gasteiger partial charge in [0, 0.05) is 12.1 Å². The van der Waals surface area contributed by atoms with Crippen molar-refractivity contribution in [2.45, 2.75) is 45.2 Å². The van der Waals surface area contributed by atoms with E-state index in [4.69, 9.17) is 0 Å². The molecule has 2 rings (SSSR count). The molecule has 0 bridgehead atoms. The number of rotatable bonds is 5. The lowest BCUT2D eigenvalue weighted by molar-refractivity contribution is 0.471. The molecule has 3 atom stereocenters. The summed E-state index contributed by atoms with van der Waals surface area (Å²) in [6.07, 6.45) is 3.70. The van der Waals surface area contributed by atoms with Crippen LogP contribution in [0.3, 0.4) is 0 Å². The molecular formula is C14H21NO. The van der Waals surface area contributed by atoms with Crippen molar-refractivity contribution in [3.05, 3.63) is 29.8 Å². The summed E-state index contributed by atoms with van der Waals surface area (Å²) >= 11 is 0. The Hall–Kier alpha value is -1.02. The third-order valence-electron chi connectivity index (χ3n) is 3.57. The zero-order valence-corrected chi connectivity index (χ0v) is 10.1. The van der Waals surface area contributed by atoms with Crippen LogP contribution >= 0.6 is 0 Å². The van der Waals surface area contributed by atoms with Crippen LogP contribution in [-0.4, -0.2) is 11.1 Å². The molecule has 0 radical (unpaired) electrons. The van der Waals surface area contributed by atoms with E-state index in [1.165, 1.54) is 18.4 Å². The van der Waals surface area contributed by atoms with Gasteiger partial charge >= 0.3 is 0 Å². The fraction of sp³-hybridized carbons (Fsp3) is 0.571. The molecule has 88 valence electrons. The van der Waals surface area contributed by atoms with Crippen LogP contribution in [0.25, 0.3) is 0 Å². The second kappa shape index (κ2) is 4.88. The van der Waals surface area contributed by atoms with Crippen LogP contribution in [0.2, 0.25) is 0 Å². The standard InChI is InChI=1S/C14H21NO/c1-3-10-9-14(10)15-13(4-2)11-5-7-12(16)8-6-11/h5-8,10,13-16H,3-4,9H2,1-2H3.